The molecule has 6 N–H and O–H groups in total. The number of nitrogen functional groups attached to an aromatic ring is 2. The SMILES string of the molecule is CC1(CN)CCN(c2cnc(Sc3cc(N)nc(Cl)c3Cl)c(N)n2)CC1. The Morgan fingerprint density at radius 1 is 1.23 bits per heavy atom. The van der Waals surface area contributed by atoms with Crippen LogP contribution in [0.2, 0.25) is 10.2 Å². The third-order valence-corrected chi connectivity index (χ3v) is 6.56. The lowest BCUT2D eigenvalue weighted by Gasteiger charge is -2.39. The molecule has 1 saturated heterocycles. The molecule has 0 spiro atoms. The maximum Gasteiger partial charge on any atom is 0.158 e. The third kappa shape index (κ3) is 4.09. The Morgan fingerprint density at radius 3 is 2.54 bits per heavy atom. The Morgan fingerprint density at radius 2 is 1.92 bits per heavy atom. The molecule has 0 aromatic carbocycles. The standard InChI is InChI=1S/C16H21Cl2N7S/c1-16(8-19)2-4-25(5-3-16)11-7-22-15(14(21)24-11)26-9-6-10(20)23-13(18)12(9)17/h6-7H,2-5,8,19H2,1H3,(H2,20,23)(H2,21,24). The predicted octanol–water partition coefficient (Wildman–Crippen LogP) is 3.06. The van der Waals surface area contributed by atoms with Gasteiger partial charge in [0.05, 0.1) is 11.2 Å². The van der Waals surface area contributed by atoms with Gasteiger partial charge in [0, 0.05) is 18.0 Å². The lowest BCUT2D eigenvalue weighted by Crippen LogP contribution is -2.42. The average molecular weight is 414 g/mol. The van der Waals surface area contributed by atoms with E-state index in [0.717, 1.165) is 31.7 Å². The number of piperidine rings is 1. The molecule has 26 heavy (non-hydrogen) atoms. The molecule has 1 aliphatic heterocycles. The number of nitrogens with two attached hydrogens (primary N) is 3. The summed E-state index contributed by atoms with van der Waals surface area (Å²) in [6, 6.07) is 1.63. The highest BCUT2D eigenvalue weighted by Gasteiger charge is 2.29. The van der Waals surface area contributed by atoms with E-state index in [1.807, 2.05) is 0 Å². The molecule has 1 aliphatic rings. The number of rotatable bonds is 4. The van der Waals surface area contributed by atoms with Crippen LogP contribution < -0.4 is 22.1 Å². The molecule has 0 radical (unpaired) electrons. The summed E-state index contributed by atoms with van der Waals surface area (Å²) in [6.45, 7) is 4.69. The molecule has 0 unspecified atom stereocenters. The highest BCUT2D eigenvalue weighted by Crippen LogP contribution is 2.39. The van der Waals surface area contributed by atoms with Gasteiger partial charge in [-0.25, -0.2) is 15.0 Å². The minimum atomic E-state index is 0.147. The van der Waals surface area contributed by atoms with Gasteiger partial charge >= 0.3 is 0 Å². The molecular formula is C16H21Cl2N7S. The third-order valence-electron chi connectivity index (χ3n) is 4.65. The van der Waals surface area contributed by atoms with E-state index in [-0.39, 0.29) is 16.4 Å². The molecule has 2 aromatic heterocycles. The van der Waals surface area contributed by atoms with Crippen molar-refractivity contribution < 1.29 is 0 Å². The van der Waals surface area contributed by atoms with E-state index in [1.165, 1.54) is 11.8 Å². The normalized spacial score (nSPS) is 16.7. The first-order chi connectivity index (χ1) is 12.3. The van der Waals surface area contributed by atoms with Crippen LogP contribution in [-0.4, -0.2) is 34.6 Å². The second-order valence-electron chi connectivity index (χ2n) is 6.67. The van der Waals surface area contributed by atoms with Crippen LogP contribution in [0.5, 0.6) is 0 Å². The summed E-state index contributed by atoms with van der Waals surface area (Å²) in [7, 11) is 0. The highest BCUT2D eigenvalue weighted by molar-refractivity contribution is 7.99. The fraction of sp³-hybridized carbons (Fsp3) is 0.438. The van der Waals surface area contributed by atoms with Crippen molar-refractivity contribution >= 4 is 52.4 Å². The molecule has 7 nitrogen and oxygen atoms in total. The highest BCUT2D eigenvalue weighted by atomic mass is 35.5. The van der Waals surface area contributed by atoms with Crippen molar-refractivity contribution in [2.45, 2.75) is 29.7 Å². The number of hydrogen-bond donors (Lipinski definition) is 3. The number of nitrogens with zero attached hydrogens (tertiary/aromatic N) is 4. The molecule has 0 atom stereocenters. The van der Waals surface area contributed by atoms with Gasteiger partial charge in [-0.1, -0.05) is 41.9 Å². The summed E-state index contributed by atoms with van der Waals surface area (Å²) in [5.41, 5.74) is 17.9. The van der Waals surface area contributed by atoms with Crippen LogP contribution in [0.15, 0.2) is 22.2 Å². The van der Waals surface area contributed by atoms with E-state index in [4.69, 9.17) is 40.4 Å². The van der Waals surface area contributed by atoms with Crippen LogP contribution in [0.25, 0.3) is 0 Å². The molecule has 3 rings (SSSR count). The Hall–Kier alpha value is -1.48. The lowest BCUT2D eigenvalue weighted by atomic mass is 9.80. The number of halogens is 2. The van der Waals surface area contributed by atoms with Crippen molar-refractivity contribution in [1.29, 1.82) is 0 Å². The quantitative estimate of drug-likeness (QED) is 0.653. The summed E-state index contributed by atoms with van der Waals surface area (Å²) in [5.74, 6) is 1.38. The Labute approximate surface area is 166 Å². The van der Waals surface area contributed by atoms with E-state index in [9.17, 15) is 0 Å². The maximum atomic E-state index is 6.18. The minimum Gasteiger partial charge on any atom is -0.384 e. The summed E-state index contributed by atoms with van der Waals surface area (Å²) < 4.78 is 0. The first-order valence-electron chi connectivity index (χ1n) is 8.18. The number of aromatic nitrogens is 3. The van der Waals surface area contributed by atoms with Crippen LogP contribution in [-0.2, 0) is 0 Å². The molecule has 2 aromatic rings. The molecule has 1 fully saturated rings. The van der Waals surface area contributed by atoms with Crippen molar-refractivity contribution in [3.05, 3.63) is 22.4 Å². The van der Waals surface area contributed by atoms with E-state index in [2.05, 4.69) is 26.8 Å². The van der Waals surface area contributed by atoms with Gasteiger partial charge in [0.15, 0.2) is 11.0 Å². The van der Waals surface area contributed by atoms with Crippen molar-refractivity contribution in [3.8, 4) is 0 Å². The zero-order chi connectivity index (χ0) is 18.9. The van der Waals surface area contributed by atoms with Crippen molar-refractivity contribution in [1.82, 2.24) is 15.0 Å². The second-order valence-corrected chi connectivity index (χ2v) is 8.44. The monoisotopic (exact) mass is 413 g/mol. The van der Waals surface area contributed by atoms with Crippen LogP contribution in [0.3, 0.4) is 0 Å². The van der Waals surface area contributed by atoms with Crippen LogP contribution in [0.1, 0.15) is 19.8 Å². The number of anilines is 3. The van der Waals surface area contributed by atoms with E-state index < -0.39 is 0 Å². The van der Waals surface area contributed by atoms with Crippen molar-refractivity contribution in [2.24, 2.45) is 11.1 Å². The maximum absolute atomic E-state index is 6.18. The van der Waals surface area contributed by atoms with Crippen molar-refractivity contribution in [2.75, 3.05) is 36.0 Å². The number of hydrogen-bond acceptors (Lipinski definition) is 8. The molecule has 0 amide bonds. The summed E-state index contributed by atoms with van der Waals surface area (Å²) in [4.78, 5) is 15.7. The van der Waals surface area contributed by atoms with Gasteiger partial charge in [-0.2, -0.15) is 0 Å². The first kappa shape index (κ1) is 19.3. The smallest absolute Gasteiger partial charge is 0.158 e. The van der Waals surface area contributed by atoms with E-state index in [1.54, 1.807) is 12.3 Å². The molecule has 0 aliphatic carbocycles. The van der Waals surface area contributed by atoms with Gasteiger partial charge in [-0.3, -0.25) is 0 Å². The zero-order valence-corrected chi connectivity index (χ0v) is 16.7. The van der Waals surface area contributed by atoms with Gasteiger partial charge in [0.1, 0.15) is 16.7 Å². The molecule has 140 valence electrons. The zero-order valence-electron chi connectivity index (χ0n) is 14.4. The Bertz CT molecular complexity index is 809. The lowest BCUT2D eigenvalue weighted by molar-refractivity contribution is 0.258. The average Bonchev–Trinajstić information content (AvgIpc) is 2.61. The van der Waals surface area contributed by atoms with Gasteiger partial charge in [-0.05, 0) is 30.9 Å². The van der Waals surface area contributed by atoms with Gasteiger partial charge < -0.3 is 22.1 Å². The fourth-order valence-electron chi connectivity index (χ4n) is 2.77. The van der Waals surface area contributed by atoms with Gasteiger partial charge in [0.25, 0.3) is 0 Å². The minimum absolute atomic E-state index is 0.147. The predicted molar refractivity (Wildman–Crippen MR) is 108 cm³/mol. The summed E-state index contributed by atoms with van der Waals surface area (Å²) >= 11 is 13.4. The molecular weight excluding hydrogens is 393 g/mol. The van der Waals surface area contributed by atoms with Crippen LogP contribution in [0, 0.1) is 5.41 Å². The van der Waals surface area contributed by atoms with Crippen molar-refractivity contribution in [3.63, 3.8) is 0 Å². The van der Waals surface area contributed by atoms with E-state index in [0.29, 0.717) is 27.3 Å². The molecule has 10 heteroatoms. The Kier molecular flexibility index (Phi) is 5.67. The topological polar surface area (TPSA) is 120 Å². The molecule has 3 heterocycles. The summed E-state index contributed by atoms with van der Waals surface area (Å²) in [6.07, 6.45) is 3.77. The molecule has 0 bridgehead atoms. The van der Waals surface area contributed by atoms with Gasteiger partial charge in [-0.15, -0.1) is 0 Å². The van der Waals surface area contributed by atoms with Crippen LogP contribution in [0.4, 0.5) is 17.5 Å². The molecule has 0 saturated carbocycles. The number of pyridine rings is 1. The largest absolute Gasteiger partial charge is 0.384 e. The first-order valence-corrected chi connectivity index (χ1v) is 9.75. The fourth-order valence-corrected chi connectivity index (χ4v) is 4.06. The van der Waals surface area contributed by atoms with Crippen LogP contribution >= 0.6 is 35.0 Å². The summed E-state index contributed by atoms with van der Waals surface area (Å²) in [5, 5.41) is 1.00. The van der Waals surface area contributed by atoms with E-state index >= 15 is 0 Å². The van der Waals surface area contributed by atoms with Gasteiger partial charge in [0.2, 0.25) is 0 Å². The Balaban J connectivity index is 1.77. The second kappa shape index (κ2) is 7.64.